The van der Waals surface area contributed by atoms with Crippen LogP contribution in [0, 0.1) is 12.7 Å². The van der Waals surface area contributed by atoms with Crippen LogP contribution in [0.2, 0.25) is 0 Å². The molecule has 3 rings (SSSR count). The van der Waals surface area contributed by atoms with E-state index in [1.54, 1.807) is 18.7 Å². The minimum atomic E-state index is -0.643. The molecule has 0 radical (unpaired) electrons. The highest BCUT2D eigenvalue weighted by molar-refractivity contribution is 6.02. The Morgan fingerprint density at radius 3 is 2.50 bits per heavy atom. The van der Waals surface area contributed by atoms with Gasteiger partial charge in [0, 0.05) is 18.7 Å². The highest BCUT2D eigenvalue weighted by atomic mass is 19.1. The third-order valence-electron chi connectivity index (χ3n) is 4.59. The predicted octanol–water partition coefficient (Wildman–Crippen LogP) is 2.92. The monoisotopic (exact) mass is 359 g/mol. The summed E-state index contributed by atoms with van der Waals surface area (Å²) in [5, 5.41) is 6.66. The molecule has 0 spiro atoms. The minimum Gasteiger partial charge on any atom is -0.360 e. The zero-order chi connectivity index (χ0) is 18.7. The molecule has 1 atom stereocenters. The van der Waals surface area contributed by atoms with E-state index in [1.165, 1.54) is 24.3 Å². The molecular formula is C19H22FN3O3. The van der Waals surface area contributed by atoms with Crippen LogP contribution in [0.15, 0.2) is 28.8 Å². The Hall–Kier alpha value is -2.70. The third-order valence-corrected chi connectivity index (χ3v) is 4.59. The quantitative estimate of drug-likeness (QED) is 0.911. The van der Waals surface area contributed by atoms with E-state index in [4.69, 9.17) is 4.52 Å². The molecule has 2 heterocycles. The Morgan fingerprint density at radius 2 is 1.85 bits per heavy atom. The fourth-order valence-electron chi connectivity index (χ4n) is 3.16. The molecule has 1 aromatic heterocycles. The maximum absolute atomic E-state index is 13.1. The van der Waals surface area contributed by atoms with Gasteiger partial charge in [0.25, 0.3) is 5.91 Å². The Kier molecular flexibility index (Phi) is 5.35. The van der Waals surface area contributed by atoms with Crippen LogP contribution in [0.1, 0.15) is 42.3 Å². The normalized spacial score (nSPS) is 15.6. The second-order valence-electron chi connectivity index (χ2n) is 6.55. The number of aromatic nitrogens is 1. The first-order valence-corrected chi connectivity index (χ1v) is 8.79. The summed E-state index contributed by atoms with van der Waals surface area (Å²) in [7, 11) is 0. The molecule has 138 valence electrons. The van der Waals surface area contributed by atoms with Crippen molar-refractivity contribution in [3.8, 4) is 11.3 Å². The van der Waals surface area contributed by atoms with Crippen molar-refractivity contribution in [1.82, 2.24) is 15.4 Å². The molecule has 26 heavy (non-hydrogen) atoms. The second-order valence-corrected chi connectivity index (χ2v) is 6.55. The van der Waals surface area contributed by atoms with Gasteiger partial charge in [-0.15, -0.1) is 0 Å². The smallest absolute Gasteiger partial charge is 0.257 e. The first kappa shape index (κ1) is 18.1. The molecule has 2 aromatic rings. The fourth-order valence-corrected chi connectivity index (χ4v) is 3.16. The number of hydrogen-bond donors (Lipinski definition) is 1. The molecular weight excluding hydrogens is 337 g/mol. The molecule has 1 aliphatic heterocycles. The lowest BCUT2D eigenvalue weighted by Gasteiger charge is -2.29. The van der Waals surface area contributed by atoms with Crippen molar-refractivity contribution in [2.75, 3.05) is 13.1 Å². The number of benzene rings is 1. The van der Waals surface area contributed by atoms with Crippen molar-refractivity contribution in [1.29, 1.82) is 0 Å². The lowest BCUT2D eigenvalue weighted by atomic mass is 10.0. The van der Waals surface area contributed by atoms with Gasteiger partial charge in [0.05, 0.1) is 0 Å². The number of aryl methyl sites for hydroxylation is 1. The highest BCUT2D eigenvalue weighted by Crippen LogP contribution is 2.25. The summed E-state index contributed by atoms with van der Waals surface area (Å²) in [4.78, 5) is 27.0. The summed E-state index contributed by atoms with van der Waals surface area (Å²) >= 11 is 0. The lowest BCUT2D eigenvalue weighted by molar-refractivity contribution is -0.133. The number of rotatable bonds is 4. The molecule has 7 heteroatoms. The Labute approximate surface area is 151 Å². The maximum atomic E-state index is 13.1. The van der Waals surface area contributed by atoms with E-state index in [1.807, 2.05) is 0 Å². The van der Waals surface area contributed by atoms with Crippen LogP contribution in [0.4, 0.5) is 4.39 Å². The van der Waals surface area contributed by atoms with E-state index in [9.17, 15) is 14.0 Å². The molecule has 0 aliphatic carbocycles. The highest BCUT2D eigenvalue weighted by Gasteiger charge is 2.27. The summed E-state index contributed by atoms with van der Waals surface area (Å²) in [5.74, 6) is -0.545. The molecule has 1 N–H and O–H groups in total. The number of carbonyl (C=O) groups excluding carboxylic acids is 2. The summed E-state index contributed by atoms with van der Waals surface area (Å²) in [6.45, 7) is 4.76. The Morgan fingerprint density at radius 1 is 1.19 bits per heavy atom. The number of piperidine rings is 1. The number of hydrogen-bond acceptors (Lipinski definition) is 4. The lowest BCUT2D eigenvalue weighted by Crippen LogP contribution is -2.48. The van der Waals surface area contributed by atoms with Gasteiger partial charge in [-0.1, -0.05) is 5.16 Å². The van der Waals surface area contributed by atoms with Crippen molar-refractivity contribution < 1.29 is 18.5 Å². The molecule has 1 saturated heterocycles. The zero-order valence-corrected chi connectivity index (χ0v) is 14.9. The SMILES string of the molecule is Cc1onc(-c2ccc(F)cc2)c1C(=O)N[C@@H](C)C(=O)N1CCCCC1. The maximum Gasteiger partial charge on any atom is 0.257 e. The first-order valence-electron chi connectivity index (χ1n) is 8.79. The molecule has 0 saturated carbocycles. The summed E-state index contributed by atoms with van der Waals surface area (Å²) in [6.07, 6.45) is 3.11. The van der Waals surface area contributed by atoms with Crippen molar-refractivity contribution in [3.63, 3.8) is 0 Å². The molecule has 0 bridgehead atoms. The molecule has 1 aromatic carbocycles. The van der Waals surface area contributed by atoms with Crippen LogP contribution < -0.4 is 5.32 Å². The van der Waals surface area contributed by atoms with E-state index < -0.39 is 11.9 Å². The van der Waals surface area contributed by atoms with Gasteiger partial charge in [-0.2, -0.15) is 0 Å². The average molecular weight is 359 g/mol. The Bertz CT molecular complexity index is 795. The largest absolute Gasteiger partial charge is 0.360 e. The Balaban J connectivity index is 1.76. The van der Waals surface area contributed by atoms with Crippen molar-refractivity contribution in [2.24, 2.45) is 0 Å². The fraction of sp³-hybridized carbons (Fsp3) is 0.421. The van der Waals surface area contributed by atoms with E-state index in [0.29, 0.717) is 17.0 Å². The molecule has 1 fully saturated rings. The predicted molar refractivity (Wildman–Crippen MR) is 94.0 cm³/mol. The average Bonchev–Trinajstić information content (AvgIpc) is 3.04. The minimum absolute atomic E-state index is 0.0875. The third kappa shape index (κ3) is 3.76. The standard InChI is InChI=1S/C19H22FN3O3/c1-12(19(25)23-10-4-3-5-11-23)21-18(24)16-13(2)26-22-17(16)14-6-8-15(20)9-7-14/h6-9,12H,3-5,10-11H2,1-2H3,(H,21,24)/t12-/m0/s1. The van der Waals surface area contributed by atoms with Gasteiger partial charge >= 0.3 is 0 Å². The second kappa shape index (κ2) is 7.68. The van der Waals surface area contributed by atoms with E-state index in [0.717, 1.165) is 32.4 Å². The van der Waals surface area contributed by atoms with Crippen molar-refractivity contribution in [3.05, 3.63) is 41.4 Å². The van der Waals surface area contributed by atoms with Gasteiger partial charge in [-0.25, -0.2) is 4.39 Å². The number of nitrogens with one attached hydrogen (secondary N) is 1. The van der Waals surface area contributed by atoms with Crippen LogP contribution in [0.5, 0.6) is 0 Å². The van der Waals surface area contributed by atoms with Gasteiger partial charge < -0.3 is 14.7 Å². The van der Waals surface area contributed by atoms with Crippen LogP contribution in [-0.4, -0.2) is 41.0 Å². The van der Waals surface area contributed by atoms with Crippen molar-refractivity contribution in [2.45, 2.75) is 39.2 Å². The van der Waals surface area contributed by atoms with Gasteiger partial charge in [0.15, 0.2) is 0 Å². The van der Waals surface area contributed by atoms with E-state index in [2.05, 4.69) is 10.5 Å². The number of halogens is 1. The topological polar surface area (TPSA) is 75.4 Å². The zero-order valence-electron chi connectivity index (χ0n) is 14.9. The molecule has 1 aliphatic rings. The van der Waals surface area contributed by atoms with Gasteiger partial charge in [0.2, 0.25) is 5.91 Å². The van der Waals surface area contributed by atoms with Crippen LogP contribution in [-0.2, 0) is 4.79 Å². The number of carbonyl (C=O) groups is 2. The summed E-state index contributed by atoms with van der Waals surface area (Å²) < 4.78 is 18.3. The molecule has 6 nitrogen and oxygen atoms in total. The van der Waals surface area contributed by atoms with Crippen molar-refractivity contribution >= 4 is 11.8 Å². The molecule has 2 amide bonds. The van der Waals surface area contributed by atoms with Crippen LogP contribution >= 0.6 is 0 Å². The van der Waals surface area contributed by atoms with E-state index >= 15 is 0 Å². The van der Waals surface area contributed by atoms with Crippen LogP contribution in [0.25, 0.3) is 11.3 Å². The summed E-state index contributed by atoms with van der Waals surface area (Å²) in [5.41, 5.74) is 1.16. The van der Waals surface area contributed by atoms with Gasteiger partial charge in [0.1, 0.15) is 28.9 Å². The van der Waals surface area contributed by atoms with Crippen LogP contribution in [0.3, 0.4) is 0 Å². The van der Waals surface area contributed by atoms with E-state index in [-0.39, 0.29) is 17.3 Å². The van der Waals surface area contributed by atoms with Gasteiger partial charge in [-0.05, 0) is 57.4 Å². The number of likely N-dealkylation sites (tertiary alicyclic amines) is 1. The summed E-state index contributed by atoms with van der Waals surface area (Å²) in [6, 6.07) is 5.01. The van der Waals surface area contributed by atoms with Gasteiger partial charge in [-0.3, -0.25) is 9.59 Å². The number of amides is 2. The number of nitrogens with zero attached hydrogens (tertiary/aromatic N) is 2. The first-order chi connectivity index (χ1) is 12.5. The molecule has 0 unspecified atom stereocenters.